The number of nitrogens with zero attached hydrogens (tertiary/aromatic N) is 1. The zero-order valence-electron chi connectivity index (χ0n) is 11.4. The lowest BCUT2D eigenvalue weighted by Crippen LogP contribution is -2.49. The van der Waals surface area contributed by atoms with E-state index in [2.05, 4.69) is 24.1 Å². The quantitative estimate of drug-likeness (QED) is 0.803. The van der Waals surface area contributed by atoms with Gasteiger partial charge in [0.2, 0.25) is 0 Å². The number of benzene rings is 1. The zero-order chi connectivity index (χ0) is 14.0. The molecule has 1 saturated heterocycles. The Labute approximate surface area is 124 Å². The number of hydrogen-bond donors (Lipinski definition) is 1. The van der Waals surface area contributed by atoms with Crippen molar-refractivity contribution in [1.82, 2.24) is 4.90 Å². The Hall–Kier alpha value is -0.840. The summed E-state index contributed by atoms with van der Waals surface area (Å²) in [4.78, 5) is 2.15. The first-order chi connectivity index (χ1) is 8.97. The molecule has 1 aromatic rings. The highest BCUT2D eigenvalue weighted by Crippen LogP contribution is 2.23. The summed E-state index contributed by atoms with van der Waals surface area (Å²) in [6.07, 6.45) is 0.396. The summed E-state index contributed by atoms with van der Waals surface area (Å²) in [6.45, 7) is 7.75. The van der Waals surface area contributed by atoms with Crippen LogP contribution in [0.25, 0.3) is 0 Å². The predicted molar refractivity (Wildman–Crippen MR) is 84.0 cm³/mol. The molecule has 0 unspecified atom stereocenters. The third-order valence-electron chi connectivity index (χ3n) is 3.22. The van der Waals surface area contributed by atoms with Gasteiger partial charge in [0.15, 0.2) is 5.11 Å². The van der Waals surface area contributed by atoms with Crippen molar-refractivity contribution in [3.05, 3.63) is 28.8 Å². The van der Waals surface area contributed by atoms with Crippen molar-refractivity contribution >= 4 is 34.6 Å². The van der Waals surface area contributed by atoms with Crippen LogP contribution in [0.2, 0.25) is 5.02 Å². The molecule has 1 aliphatic heterocycles. The second-order valence-electron chi connectivity index (χ2n) is 5.00. The molecule has 2 rings (SSSR count). The predicted octanol–water partition coefficient (Wildman–Crippen LogP) is 3.45. The maximum Gasteiger partial charge on any atom is 0.173 e. The van der Waals surface area contributed by atoms with Gasteiger partial charge in [-0.2, -0.15) is 0 Å². The Balaban J connectivity index is 2.06. The molecular weight excluding hydrogens is 280 g/mol. The molecule has 1 aromatic carbocycles. The standard InChI is InChI=1S/C14H19ClN2OS/c1-9-7-17(8-10(2)18-9)14(19)16-13-6-4-5-12(15)11(13)3/h4-6,9-10H,7-8H2,1-3H3,(H,16,19)/t9-,10+. The topological polar surface area (TPSA) is 24.5 Å². The first-order valence-corrected chi connectivity index (χ1v) is 7.22. The van der Waals surface area contributed by atoms with Crippen LogP contribution in [-0.2, 0) is 4.74 Å². The summed E-state index contributed by atoms with van der Waals surface area (Å²) >= 11 is 11.6. The van der Waals surface area contributed by atoms with E-state index in [1.54, 1.807) is 0 Å². The summed E-state index contributed by atoms with van der Waals surface area (Å²) in [5.74, 6) is 0. The summed E-state index contributed by atoms with van der Waals surface area (Å²) in [5.41, 5.74) is 1.98. The summed E-state index contributed by atoms with van der Waals surface area (Å²) in [5, 5.41) is 4.76. The van der Waals surface area contributed by atoms with Gasteiger partial charge in [-0.1, -0.05) is 17.7 Å². The van der Waals surface area contributed by atoms with Crippen LogP contribution < -0.4 is 5.32 Å². The summed E-state index contributed by atoms with van der Waals surface area (Å²) < 4.78 is 5.71. The number of thiocarbonyl (C=S) groups is 1. The molecule has 5 heteroatoms. The maximum atomic E-state index is 6.11. The molecule has 1 fully saturated rings. The van der Waals surface area contributed by atoms with Gasteiger partial charge in [0.25, 0.3) is 0 Å². The Morgan fingerprint density at radius 2 is 2.00 bits per heavy atom. The molecule has 2 atom stereocenters. The van der Waals surface area contributed by atoms with E-state index in [4.69, 9.17) is 28.6 Å². The van der Waals surface area contributed by atoms with Gasteiger partial charge in [-0.15, -0.1) is 0 Å². The molecular formula is C14H19ClN2OS. The van der Waals surface area contributed by atoms with Crippen LogP contribution in [0, 0.1) is 6.92 Å². The molecule has 1 N–H and O–H groups in total. The Morgan fingerprint density at radius 3 is 2.63 bits per heavy atom. The third kappa shape index (κ3) is 3.59. The fourth-order valence-corrected chi connectivity index (χ4v) is 2.71. The highest BCUT2D eigenvalue weighted by Gasteiger charge is 2.24. The van der Waals surface area contributed by atoms with E-state index < -0.39 is 0 Å². The SMILES string of the molecule is Cc1c(Cl)cccc1NC(=S)N1C[C@@H](C)O[C@@H](C)C1. The molecule has 3 nitrogen and oxygen atoms in total. The molecule has 0 radical (unpaired) electrons. The molecule has 104 valence electrons. The smallest absolute Gasteiger partial charge is 0.173 e. The van der Waals surface area contributed by atoms with Crippen molar-refractivity contribution in [3.63, 3.8) is 0 Å². The van der Waals surface area contributed by atoms with Crippen molar-refractivity contribution in [3.8, 4) is 0 Å². The minimum Gasteiger partial charge on any atom is -0.372 e. The van der Waals surface area contributed by atoms with Gasteiger partial charge in [0.1, 0.15) is 0 Å². The average molecular weight is 299 g/mol. The summed E-state index contributed by atoms with van der Waals surface area (Å²) in [6, 6.07) is 5.79. The number of rotatable bonds is 1. The van der Waals surface area contributed by atoms with Crippen molar-refractivity contribution in [1.29, 1.82) is 0 Å². The van der Waals surface area contributed by atoms with E-state index in [0.717, 1.165) is 34.5 Å². The van der Waals surface area contributed by atoms with E-state index in [9.17, 15) is 0 Å². The van der Waals surface area contributed by atoms with Gasteiger partial charge in [-0.3, -0.25) is 0 Å². The molecule has 0 aromatic heterocycles. The van der Waals surface area contributed by atoms with Crippen LogP contribution in [0.4, 0.5) is 5.69 Å². The van der Waals surface area contributed by atoms with Crippen LogP contribution in [0.15, 0.2) is 18.2 Å². The van der Waals surface area contributed by atoms with E-state index >= 15 is 0 Å². The highest BCUT2D eigenvalue weighted by molar-refractivity contribution is 7.80. The van der Waals surface area contributed by atoms with Gasteiger partial charge in [-0.25, -0.2) is 0 Å². The normalized spacial score (nSPS) is 23.3. The number of nitrogens with one attached hydrogen (secondary N) is 1. The Bertz CT molecular complexity index is 471. The van der Waals surface area contributed by atoms with Crippen LogP contribution in [0.3, 0.4) is 0 Å². The van der Waals surface area contributed by atoms with Crippen molar-refractivity contribution in [2.24, 2.45) is 0 Å². The highest BCUT2D eigenvalue weighted by atomic mass is 35.5. The van der Waals surface area contributed by atoms with Gasteiger partial charge in [-0.05, 0) is 50.7 Å². The van der Waals surface area contributed by atoms with Crippen LogP contribution in [0.5, 0.6) is 0 Å². The fraction of sp³-hybridized carbons (Fsp3) is 0.500. The Kier molecular flexibility index (Phi) is 4.66. The second-order valence-corrected chi connectivity index (χ2v) is 5.80. The van der Waals surface area contributed by atoms with Crippen molar-refractivity contribution in [2.75, 3.05) is 18.4 Å². The minimum atomic E-state index is 0.198. The van der Waals surface area contributed by atoms with Crippen LogP contribution in [-0.4, -0.2) is 35.3 Å². The number of hydrogen-bond acceptors (Lipinski definition) is 2. The average Bonchev–Trinajstić information content (AvgIpc) is 2.33. The van der Waals surface area contributed by atoms with Crippen LogP contribution in [0.1, 0.15) is 19.4 Å². The number of halogens is 1. The van der Waals surface area contributed by atoms with Gasteiger partial charge in [0, 0.05) is 23.8 Å². The lowest BCUT2D eigenvalue weighted by molar-refractivity contribution is -0.0473. The minimum absolute atomic E-state index is 0.198. The molecule has 0 bridgehead atoms. The van der Waals surface area contributed by atoms with Gasteiger partial charge in [0.05, 0.1) is 12.2 Å². The summed E-state index contributed by atoms with van der Waals surface area (Å²) in [7, 11) is 0. The molecule has 1 heterocycles. The first kappa shape index (κ1) is 14.6. The van der Waals surface area contributed by atoms with E-state index in [1.807, 2.05) is 25.1 Å². The largest absolute Gasteiger partial charge is 0.372 e. The fourth-order valence-electron chi connectivity index (χ4n) is 2.28. The molecule has 1 aliphatic rings. The number of ether oxygens (including phenoxy) is 1. The number of anilines is 1. The van der Waals surface area contributed by atoms with E-state index in [0.29, 0.717) is 0 Å². The first-order valence-electron chi connectivity index (χ1n) is 6.44. The lowest BCUT2D eigenvalue weighted by atomic mass is 10.2. The second kappa shape index (κ2) is 6.07. The molecule has 0 saturated carbocycles. The third-order valence-corrected chi connectivity index (χ3v) is 3.99. The molecule has 0 spiro atoms. The maximum absolute atomic E-state index is 6.11. The van der Waals surface area contributed by atoms with Gasteiger partial charge < -0.3 is 15.0 Å². The van der Waals surface area contributed by atoms with Crippen molar-refractivity contribution < 1.29 is 4.74 Å². The van der Waals surface area contributed by atoms with Gasteiger partial charge >= 0.3 is 0 Å². The monoisotopic (exact) mass is 298 g/mol. The molecule has 0 aliphatic carbocycles. The van der Waals surface area contributed by atoms with E-state index in [-0.39, 0.29) is 12.2 Å². The molecule has 19 heavy (non-hydrogen) atoms. The number of morpholine rings is 1. The van der Waals surface area contributed by atoms with Crippen molar-refractivity contribution in [2.45, 2.75) is 33.0 Å². The molecule has 0 amide bonds. The van der Waals surface area contributed by atoms with Crippen LogP contribution >= 0.6 is 23.8 Å². The van der Waals surface area contributed by atoms with E-state index in [1.165, 1.54) is 0 Å². The Morgan fingerprint density at radius 1 is 1.37 bits per heavy atom. The zero-order valence-corrected chi connectivity index (χ0v) is 13.0. The lowest BCUT2D eigenvalue weighted by Gasteiger charge is -2.37.